The van der Waals surface area contributed by atoms with Crippen LogP contribution in [-0.4, -0.2) is 31.7 Å². The fourth-order valence-electron chi connectivity index (χ4n) is 4.45. The van der Waals surface area contributed by atoms with E-state index in [2.05, 4.69) is 38.8 Å². The van der Waals surface area contributed by atoms with Gasteiger partial charge >= 0.3 is 5.97 Å². The predicted octanol–water partition coefficient (Wildman–Crippen LogP) is 5.43. The molecule has 3 heterocycles. The van der Waals surface area contributed by atoms with Gasteiger partial charge in [-0.1, -0.05) is 54.6 Å². The van der Waals surface area contributed by atoms with Crippen LogP contribution in [0.3, 0.4) is 0 Å². The van der Waals surface area contributed by atoms with E-state index in [1.165, 1.54) is 5.56 Å². The second kappa shape index (κ2) is 10.5. The van der Waals surface area contributed by atoms with Crippen LogP contribution in [0.15, 0.2) is 91.3 Å². The fourth-order valence-corrected chi connectivity index (χ4v) is 4.45. The van der Waals surface area contributed by atoms with Crippen molar-refractivity contribution in [2.75, 3.05) is 0 Å². The van der Waals surface area contributed by atoms with Crippen molar-refractivity contribution in [2.45, 2.75) is 38.5 Å². The number of benzene rings is 2. The van der Waals surface area contributed by atoms with E-state index in [1.807, 2.05) is 67.0 Å². The summed E-state index contributed by atoms with van der Waals surface area (Å²) in [4.78, 5) is 20.8. The summed E-state index contributed by atoms with van der Waals surface area (Å²) >= 11 is 0. The highest BCUT2D eigenvalue weighted by Gasteiger charge is 2.19. The van der Waals surface area contributed by atoms with E-state index in [-0.39, 0.29) is 6.61 Å². The molecule has 0 bridgehead atoms. The molecule has 1 atom stereocenters. The minimum absolute atomic E-state index is 0.281. The minimum Gasteiger partial charge on any atom is -0.479 e. The molecule has 2 aromatic carbocycles. The summed E-state index contributed by atoms with van der Waals surface area (Å²) in [7, 11) is 0. The molecule has 1 unspecified atom stereocenters. The Bertz CT molecular complexity index is 1380. The molecule has 0 spiro atoms. The lowest BCUT2D eigenvalue weighted by Crippen LogP contribution is -2.26. The molecular weight excluding hydrogens is 438 g/mol. The van der Waals surface area contributed by atoms with Gasteiger partial charge in [0.2, 0.25) is 0 Å². The van der Waals surface area contributed by atoms with Crippen molar-refractivity contribution in [2.24, 2.45) is 0 Å². The summed E-state index contributed by atoms with van der Waals surface area (Å²) in [6.07, 6.45) is 4.98. The van der Waals surface area contributed by atoms with Gasteiger partial charge < -0.3 is 14.4 Å². The Morgan fingerprint density at radius 3 is 2.06 bits per heavy atom. The van der Waals surface area contributed by atoms with E-state index in [0.29, 0.717) is 6.42 Å². The average molecular weight is 466 g/mol. The fraction of sp³-hybridized carbons (Fsp3) is 0.207. The Kier molecular flexibility index (Phi) is 6.82. The van der Waals surface area contributed by atoms with Crippen molar-refractivity contribution in [1.82, 2.24) is 14.5 Å². The number of nitrogens with zero attached hydrogens (tertiary/aromatic N) is 3. The number of hydrogen-bond donors (Lipinski definition) is 1. The highest BCUT2D eigenvalue weighted by atomic mass is 16.5. The maximum Gasteiger partial charge on any atom is 0.333 e. The molecule has 0 aliphatic carbocycles. The number of hydrogen-bond acceptors (Lipinski definition) is 4. The van der Waals surface area contributed by atoms with Crippen LogP contribution < -0.4 is 0 Å². The van der Waals surface area contributed by atoms with Gasteiger partial charge in [-0.2, -0.15) is 0 Å². The van der Waals surface area contributed by atoms with E-state index < -0.39 is 12.1 Å². The van der Waals surface area contributed by atoms with Gasteiger partial charge in [-0.3, -0.25) is 9.97 Å². The summed E-state index contributed by atoms with van der Waals surface area (Å²) in [5, 5.41) is 9.59. The number of carbonyl (C=O) groups is 1. The maximum absolute atomic E-state index is 11.7. The SMILES string of the molecule is O=C(O)C(Cc1ccc(CCCn2c3cccnc3c3ncccc32)cc1)OCc1ccccc1. The van der Waals surface area contributed by atoms with Gasteiger partial charge in [-0.05, 0) is 53.8 Å². The Morgan fingerprint density at radius 1 is 0.800 bits per heavy atom. The zero-order valence-corrected chi connectivity index (χ0v) is 19.4. The molecule has 6 heteroatoms. The molecule has 1 N–H and O–H groups in total. The quantitative estimate of drug-likeness (QED) is 0.298. The zero-order valence-electron chi connectivity index (χ0n) is 19.4. The molecule has 0 fully saturated rings. The van der Waals surface area contributed by atoms with Crippen molar-refractivity contribution in [1.29, 1.82) is 0 Å². The molecule has 0 amide bonds. The first-order chi connectivity index (χ1) is 17.2. The van der Waals surface area contributed by atoms with Crippen LogP contribution in [0.5, 0.6) is 0 Å². The van der Waals surface area contributed by atoms with Gasteiger partial charge in [0, 0.05) is 25.4 Å². The van der Waals surface area contributed by atoms with Crippen LogP contribution >= 0.6 is 0 Å². The number of ether oxygens (including phenoxy) is 1. The van der Waals surface area contributed by atoms with Crippen molar-refractivity contribution < 1.29 is 14.6 Å². The van der Waals surface area contributed by atoms with Gasteiger partial charge in [0.25, 0.3) is 0 Å². The van der Waals surface area contributed by atoms with Gasteiger partial charge in [0.15, 0.2) is 6.10 Å². The Hall–Kier alpha value is -4.03. The lowest BCUT2D eigenvalue weighted by molar-refractivity contribution is -0.151. The van der Waals surface area contributed by atoms with E-state index in [0.717, 1.165) is 52.6 Å². The molecule has 3 aromatic heterocycles. The van der Waals surface area contributed by atoms with Crippen molar-refractivity contribution in [3.05, 3.63) is 108 Å². The second-order valence-corrected chi connectivity index (χ2v) is 8.64. The average Bonchev–Trinajstić information content (AvgIpc) is 3.22. The van der Waals surface area contributed by atoms with Crippen LogP contribution in [0.1, 0.15) is 23.1 Å². The van der Waals surface area contributed by atoms with Crippen LogP contribution in [0.25, 0.3) is 22.1 Å². The number of aromatic nitrogens is 3. The number of fused-ring (bicyclic) bond motifs is 3. The largest absolute Gasteiger partial charge is 0.479 e. The van der Waals surface area contributed by atoms with E-state index >= 15 is 0 Å². The molecule has 5 aromatic rings. The van der Waals surface area contributed by atoms with Crippen molar-refractivity contribution in [3.8, 4) is 0 Å². The molecule has 6 nitrogen and oxygen atoms in total. The molecule has 0 saturated carbocycles. The summed E-state index contributed by atoms with van der Waals surface area (Å²) in [6.45, 7) is 1.15. The molecule has 0 aliphatic heterocycles. The number of carboxylic acid groups (broad SMARTS) is 1. The molecule has 35 heavy (non-hydrogen) atoms. The lowest BCUT2D eigenvalue weighted by atomic mass is 10.0. The summed E-state index contributed by atoms with van der Waals surface area (Å²) < 4.78 is 7.98. The molecule has 5 rings (SSSR count). The first-order valence-electron chi connectivity index (χ1n) is 11.8. The van der Waals surface area contributed by atoms with Gasteiger partial charge in [0.05, 0.1) is 17.6 Å². The Balaban J connectivity index is 1.20. The third kappa shape index (κ3) is 5.23. The predicted molar refractivity (Wildman–Crippen MR) is 136 cm³/mol. The molecule has 176 valence electrons. The highest BCUT2D eigenvalue weighted by molar-refractivity contribution is 6.02. The van der Waals surface area contributed by atoms with Crippen molar-refractivity contribution >= 4 is 28.0 Å². The summed E-state index contributed by atoms with van der Waals surface area (Å²) in [6, 6.07) is 25.9. The standard InChI is InChI=1S/C29H27N3O3/c33-29(34)26(35-20-23-7-2-1-3-8-23)19-22-14-12-21(13-15-22)9-6-18-32-24-10-4-16-30-27(24)28-25(32)11-5-17-31-28/h1-5,7-8,10-17,26H,6,9,18-20H2,(H,33,34). The third-order valence-corrected chi connectivity index (χ3v) is 6.24. The topological polar surface area (TPSA) is 77.2 Å². The van der Waals surface area contributed by atoms with Crippen LogP contribution in [-0.2, 0) is 35.5 Å². The van der Waals surface area contributed by atoms with Gasteiger partial charge in [-0.25, -0.2) is 4.79 Å². The smallest absolute Gasteiger partial charge is 0.333 e. The number of aryl methyl sites for hydroxylation is 2. The molecule has 0 radical (unpaired) electrons. The molecule has 0 saturated heterocycles. The minimum atomic E-state index is -0.944. The normalized spacial score (nSPS) is 12.2. The van der Waals surface area contributed by atoms with Gasteiger partial charge in [-0.15, -0.1) is 0 Å². The summed E-state index contributed by atoms with van der Waals surface area (Å²) in [5.74, 6) is -0.944. The van der Waals surface area contributed by atoms with Crippen molar-refractivity contribution in [3.63, 3.8) is 0 Å². The number of carboxylic acids is 1. The number of rotatable bonds is 10. The van der Waals surface area contributed by atoms with Crippen LogP contribution in [0, 0.1) is 0 Å². The molecule has 0 aliphatic rings. The van der Waals surface area contributed by atoms with E-state index in [4.69, 9.17) is 4.74 Å². The maximum atomic E-state index is 11.7. The highest BCUT2D eigenvalue weighted by Crippen LogP contribution is 2.25. The van der Waals surface area contributed by atoms with Crippen LogP contribution in [0.4, 0.5) is 0 Å². The first-order valence-corrected chi connectivity index (χ1v) is 11.8. The number of aliphatic carboxylic acids is 1. The Morgan fingerprint density at radius 2 is 1.43 bits per heavy atom. The van der Waals surface area contributed by atoms with E-state index in [1.54, 1.807) is 0 Å². The van der Waals surface area contributed by atoms with Crippen LogP contribution in [0.2, 0.25) is 0 Å². The Labute approximate surface area is 203 Å². The molecular formula is C29H27N3O3. The monoisotopic (exact) mass is 465 g/mol. The number of pyridine rings is 2. The third-order valence-electron chi connectivity index (χ3n) is 6.24. The van der Waals surface area contributed by atoms with Gasteiger partial charge in [0.1, 0.15) is 11.0 Å². The first kappa shape index (κ1) is 22.7. The summed E-state index contributed by atoms with van der Waals surface area (Å²) in [5.41, 5.74) is 7.23. The zero-order chi connectivity index (χ0) is 24.0. The van der Waals surface area contributed by atoms with E-state index in [9.17, 15) is 9.90 Å². The second-order valence-electron chi connectivity index (χ2n) is 8.64. The lowest BCUT2D eigenvalue weighted by Gasteiger charge is -2.14.